The lowest BCUT2D eigenvalue weighted by molar-refractivity contribution is 0.0702. The molecule has 0 fully saturated rings. The van der Waals surface area contributed by atoms with Crippen molar-refractivity contribution in [1.29, 1.82) is 0 Å². The average Bonchev–Trinajstić information content (AvgIpc) is 3.01. The third-order valence-corrected chi connectivity index (χ3v) is 4.15. The first-order valence-corrected chi connectivity index (χ1v) is 7.62. The Kier molecular flexibility index (Phi) is 3.94. The number of aliphatic hydroxyl groups excluding tert-OH is 1. The summed E-state index contributed by atoms with van der Waals surface area (Å²) in [6.07, 6.45) is 4.72. The highest BCUT2D eigenvalue weighted by Crippen LogP contribution is 2.24. The molecule has 4 nitrogen and oxygen atoms in total. The van der Waals surface area contributed by atoms with Gasteiger partial charge in [-0.3, -0.25) is 9.78 Å². The highest BCUT2D eigenvalue weighted by Gasteiger charge is 2.26. The molecule has 114 valence electrons. The molecule has 0 spiro atoms. The maximum Gasteiger partial charge on any atom is 0.255 e. The second-order valence-corrected chi connectivity index (χ2v) is 5.65. The Labute approximate surface area is 130 Å². The van der Waals surface area contributed by atoms with E-state index in [-0.39, 0.29) is 18.6 Å². The number of hydrogen-bond acceptors (Lipinski definition) is 3. The van der Waals surface area contributed by atoms with Crippen molar-refractivity contribution in [2.45, 2.75) is 26.3 Å². The van der Waals surface area contributed by atoms with E-state index >= 15 is 0 Å². The summed E-state index contributed by atoms with van der Waals surface area (Å²) in [5.41, 5.74) is 3.52. The number of hydrogen-bond donors (Lipinski definition) is 1. The molecule has 1 aromatic heterocycles. The van der Waals surface area contributed by atoms with Crippen LogP contribution < -0.4 is 0 Å². The summed E-state index contributed by atoms with van der Waals surface area (Å²) in [6, 6.07) is 7.69. The second kappa shape index (κ2) is 5.89. The van der Waals surface area contributed by atoms with E-state index < -0.39 is 0 Å². The van der Waals surface area contributed by atoms with Crippen molar-refractivity contribution < 1.29 is 9.90 Å². The molecule has 2 aromatic rings. The van der Waals surface area contributed by atoms with E-state index in [0.29, 0.717) is 12.1 Å². The van der Waals surface area contributed by atoms with Crippen LogP contribution in [0.25, 0.3) is 10.9 Å². The number of rotatable bonds is 3. The summed E-state index contributed by atoms with van der Waals surface area (Å²) >= 11 is 0. The third-order valence-electron chi connectivity index (χ3n) is 4.15. The first kappa shape index (κ1) is 14.7. The number of carbonyl (C=O) groups excluding carboxylic acids is 1. The Morgan fingerprint density at radius 1 is 1.41 bits per heavy atom. The molecule has 1 atom stereocenters. The van der Waals surface area contributed by atoms with Gasteiger partial charge in [-0.25, -0.2) is 0 Å². The summed E-state index contributed by atoms with van der Waals surface area (Å²) in [5.74, 6) is -0.0483. The lowest BCUT2D eigenvalue weighted by Gasteiger charge is -2.24. The van der Waals surface area contributed by atoms with E-state index in [1.54, 1.807) is 4.90 Å². The van der Waals surface area contributed by atoms with Crippen molar-refractivity contribution >= 4 is 16.8 Å². The second-order valence-electron chi connectivity index (χ2n) is 5.65. The van der Waals surface area contributed by atoms with Gasteiger partial charge in [0.25, 0.3) is 5.91 Å². The van der Waals surface area contributed by atoms with Crippen LogP contribution in [-0.4, -0.2) is 40.1 Å². The first-order valence-electron chi connectivity index (χ1n) is 7.62. The van der Waals surface area contributed by atoms with Crippen molar-refractivity contribution in [3.8, 4) is 0 Å². The fraction of sp³-hybridized carbons (Fsp3) is 0.333. The number of aryl methyl sites for hydroxylation is 2. The number of benzene rings is 1. The number of nitrogens with zero attached hydrogens (tertiary/aromatic N) is 2. The summed E-state index contributed by atoms with van der Waals surface area (Å²) in [7, 11) is 0. The van der Waals surface area contributed by atoms with Gasteiger partial charge in [-0.1, -0.05) is 25.1 Å². The lowest BCUT2D eigenvalue weighted by Crippen LogP contribution is -2.38. The Bertz CT molecular complexity index is 752. The van der Waals surface area contributed by atoms with Crippen molar-refractivity contribution in [2.24, 2.45) is 0 Å². The van der Waals surface area contributed by atoms with Gasteiger partial charge < -0.3 is 10.0 Å². The van der Waals surface area contributed by atoms with Gasteiger partial charge >= 0.3 is 0 Å². The summed E-state index contributed by atoms with van der Waals surface area (Å²) in [6.45, 7) is 4.48. The fourth-order valence-electron chi connectivity index (χ4n) is 2.92. The quantitative estimate of drug-likeness (QED) is 0.885. The van der Waals surface area contributed by atoms with Crippen LogP contribution >= 0.6 is 0 Å². The van der Waals surface area contributed by atoms with Crippen LogP contribution in [0.4, 0.5) is 0 Å². The Morgan fingerprint density at radius 3 is 2.95 bits per heavy atom. The van der Waals surface area contributed by atoms with E-state index in [1.807, 2.05) is 37.3 Å². The van der Waals surface area contributed by atoms with Gasteiger partial charge in [-0.15, -0.1) is 0 Å². The van der Waals surface area contributed by atoms with Gasteiger partial charge in [0.1, 0.15) is 0 Å². The minimum Gasteiger partial charge on any atom is -0.394 e. The summed E-state index contributed by atoms with van der Waals surface area (Å²) in [5, 5.41) is 10.3. The standard InChI is InChI=1S/C18H20N2O2/c1-3-13-6-7-17-15(10-13)16(9-12(2)19-17)18(22)20-8-4-5-14(20)11-21/h4-7,9-10,14,21H,3,8,11H2,1-2H3/t14-/m1/s1. The van der Waals surface area contributed by atoms with Crippen LogP contribution in [0, 0.1) is 6.92 Å². The topological polar surface area (TPSA) is 53.4 Å². The fourth-order valence-corrected chi connectivity index (χ4v) is 2.92. The van der Waals surface area contributed by atoms with Gasteiger partial charge in [-0.2, -0.15) is 0 Å². The minimum atomic E-state index is -0.231. The van der Waals surface area contributed by atoms with E-state index in [4.69, 9.17) is 0 Å². The SMILES string of the molecule is CCc1ccc2nc(C)cc(C(=O)N3CC=C[C@@H]3CO)c2c1. The Morgan fingerprint density at radius 2 is 2.23 bits per heavy atom. The predicted octanol–water partition coefficient (Wildman–Crippen LogP) is 2.48. The van der Waals surface area contributed by atoms with Crippen molar-refractivity contribution in [3.05, 3.63) is 53.2 Å². The molecule has 0 radical (unpaired) electrons. The van der Waals surface area contributed by atoms with Gasteiger partial charge in [0, 0.05) is 17.6 Å². The van der Waals surface area contributed by atoms with Crippen LogP contribution in [0.2, 0.25) is 0 Å². The zero-order chi connectivity index (χ0) is 15.7. The zero-order valence-electron chi connectivity index (χ0n) is 12.9. The molecule has 1 N–H and O–H groups in total. The van der Waals surface area contributed by atoms with Crippen LogP contribution in [-0.2, 0) is 6.42 Å². The van der Waals surface area contributed by atoms with Crippen LogP contribution in [0.5, 0.6) is 0 Å². The molecule has 1 aliphatic heterocycles. The minimum absolute atomic E-state index is 0.0483. The molecule has 0 saturated carbocycles. The summed E-state index contributed by atoms with van der Waals surface area (Å²) in [4.78, 5) is 19.2. The van der Waals surface area contributed by atoms with Gasteiger partial charge in [-0.05, 0) is 37.1 Å². The molecule has 0 unspecified atom stereocenters. The van der Waals surface area contributed by atoms with E-state index in [0.717, 1.165) is 23.0 Å². The molecule has 4 heteroatoms. The van der Waals surface area contributed by atoms with Crippen LogP contribution in [0.1, 0.15) is 28.5 Å². The lowest BCUT2D eigenvalue weighted by atomic mass is 10.0. The van der Waals surface area contributed by atoms with E-state index in [9.17, 15) is 9.90 Å². The Hall–Kier alpha value is -2.20. The van der Waals surface area contributed by atoms with Gasteiger partial charge in [0.05, 0.1) is 23.7 Å². The maximum absolute atomic E-state index is 12.9. The van der Waals surface area contributed by atoms with Crippen LogP contribution in [0.15, 0.2) is 36.4 Å². The highest BCUT2D eigenvalue weighted by atomic mass is 16.3. The molecule has 1 amide bonds. The summed E-state index contributed by atoms with van der Waals surface area (Å²) < 4.78 is 0. The molecule has 2 heterocycles. The predicted molar refractivity (Wildman–Crippen MR) is 86.9 cm³/mol. The van der Waals surface area contributed by atoms with Crippen molar-refractivity contribution in [1.82, 2.24) is 9.88 Å². The molecule has 0 saturated heterocycles. The van der Waals surface area contributed by atoms with Crippen LogP contribution in [0.3, 0.4) is 0 Å². The highest BCUT2D eigenvalue weighted by molar-refractivity contribution is 6.06. The van der Waals surface area contributed by atoms with Crippen molar-refractivity contribution in [2.75, 3.05) is 13.2 Å². The number of pyridine rings is 1. The largest absolute Gasteiger partial charge is 0.394 e. The molecule has 0 bridgehead atoms. The first-order chi connectivity index (χ1) is 10.6. The molecule has 22 heavy (non-hydrogen) atoms. The number of fused-ring (bicyclic) bond motifs is 1. The number of aromatic nitrogens is 1. The maximum atomic E-state index is 12.9. The monoisotopic (exact) mass is 296 g/mol. The molecule has 1 aromatic carbocycles. The van der Waals surface area contributed by atoms with Gasteiger partial charge in [0.2, 0.25) is 0 Å². The molecule has 0 aliphatic carbocycles. The Balaban J connectivity index is 2.10. The van der Waals surface area contributed by atoms with E-state index in [1.165, 1.54) is 5.56 Å². The molecular formula is C18H20N2O2. The molecule has 3 rings (SSSR count). The number of aliphatic hydroxyl groups is 1. The third kappa shape index (κ3) is 2.50. The number of carbonyl (C=O) groups is 1. The normalized spacial score (nSPS) is 17.4. The van der Waals surface area contributed by atoms with Crippen molar-refractivity contribution in [3.63, 3.8) is 0 Å². The smallest absolute Gasteiger partial charge is 0.255 e. The van der Waals surface area contributed by atoms with Gasteiger partial charge in [0.15, 0.2) is 0 Å². The van der Waals surface area contributed by atoms with E-state index in [2.05, 4.69) is 18.0 Å². The zero-order valence-corrected chi connectivity index (χ0v) is 12.9. The molecule has 1 aliphatic rings. The average molecular weight is 296 g/mol. The molecular weight excluding hydrogens is 276 g/mol. The number of amides is 1.